The monoisotopic (exact) mass is 385 g/mol. The fourth-order valence-corrected chi connectivity index (χ4v) is 4.60. The van der Waals surface area contributed by atoms with Crippen LogP contribution in [0, 0.1) is 11.8 Å². The van der Waals surface area contributed by atoms with Crippen LogP contribution in [0.3, 0.4) is 0 Å². The Labute approximate surface area is 159 Å². The van der Waals surface area contributed by atoms with Crippen LogP contribution >= 0.6 is 0 Å². The Balaban J connectivity index is 1.44. The van der Waals surface area contributed by atoms with E-state index in [-0.39, 0.29) is 16.7 Å². The molecule has 27 heavy (non-hydrogen) atoms. The van der Waals surface area contributed by atoms with Crippen molar-refractivity contribution >= 4 is 21.6 Å². The summed E-state index contributed by atoms with van der Waals surface area (Å²) in [4.78, 5) is 15.1. The van der Waals surface area contributed by atoms with E-state index in [1.54, 1.807) is 12.1 Å². The molecule has 3 aliphatic rings. The molecule has 3 saturated heterocycles. The first-order chi connectivity index (χ1) is 12.9. The van der Waals surface area contributed by atoms with Crippen LogP contribution in [0.5, 0.6) is 0 Å². The number of piperidine rings is 3. The quantitative estimate of drug-likeness (QED) is 0.844. The number of nitrogens with zero attached hydrogens (tertiary/aromatic N) is 1. The highest BCUT2D eigenvalue weighted by molar-refractivity contribution is 7.89. The lowest BCUT2D eigenvalue weighted by Crippen LogP contribution is -2.51. The Morgan fingerprint density at radius 1 is 0.963 bits per heavy atom. The molecule has 2 aromatic rings. The molecule has 2 aromatic carbocycles. The van der Waals surface area contributed by atoms with Crippen molar-refractivity contribution in [2.75, 3.05) is 25.0 Å². The summed E-state index contributed by atoms with van der Waals surface area (Å²) >= 11 is 0. The van der Waals surface area contributed by atoms with E-state index in [4.69, 9.17) is 5.14 Å². The van der Waals surface area contributed by atoms with Gasteiger partial charge in [0.15, 0.2) is 0 Å². The smallest absolute Gasteiger partial charge is 0.238 e. The number of nitrogens with one attached hydrogen (secondary N) is 1. The fraction of sp³-hybridized carbons (Fsp3) is 0.350. The van der Waals surface area contributed by atoms with E-state index < -0.39 is 10.0 Å². The number of benzene rings is 2. The second kappa shape index (κ2) is 7.07. The molecule has 2 bridgehead atoms. The van der Waals surface area contributed by atoms with Crippen LogP contribution in [-0.2, 0) is 14.8 Å². The third-order valence-electron chi connectivity index (χ3n) is 5.66. The lowest BCUT2D eigenvalue weighted by molar-refractivity contribution is -0.125. The highest BCUT2D eigenvalue weighted by Crippen LogP contribution is 2.33. The zero-order valence-corrected chi connectivity index (χ0v) is 15.8. The number of amides is 1. The first-order valence-corrected chi connectivity index (χ1v) is 10.7. The summed E-state index contributed by atoms with van der Waals surface area (Å²) in [5.41, 5.74) is 2.61. The largest absolute Gasteiger partial charge is 0.326 e. The van der Waals surface area contributed by atoms with E-state index in [2.05, 4.69) is 10.2 Å². The number of rotatable bonds is 4. The number of hydrogen-bond acceptors (Lipinski definition) is 4. The minimum Gasteiger partial charge on any atom is -0.326 e. The van der Waals surface area contributed by atoms with Crippen LogP contribution in [0.1, 0.15) is 12.8 Å². The van der Waals surface area contributed by atoms with Gasteiger partial charge in [0.25, 0.3) is 0 Å². The van der Waals surface area contributed by atoms with Crippen molar-refractivity contribution in [3.8, 4) is 11.1 Å². The summed E-state index contributed by atoms with van der Waals surface area (Å²) in [6, 6.07) is 14.0. The zero-order valence-electron chi connectivity index (χ0n) is 15.0. The van der Waals surface area contributed by atoms with Crippen LogP contribution in [0.15, 0.2) is 53.4 Å². The maximum Gasteiger partial charge on any atom is 0.238 e. The van der Waals surface area contributed by atoms with Gasteiger partial charge >= 0.3 is 0 Å². The SMILES string of the molecule is NS(=O)(=O)c1ccc(-c2ccc(NC(=O)[C@H]3CN4CCC3CC4)cc2)cc1. The summed E-state index contributed by atoms with van der Waals surface area (Å²) in [6.45, 7) is 3.10. The molecule has 3 heterocycles. The molecule has 5 rings (SSSR count). The van der Waals surface area contributed by atoms with Crippen molar-refractivity contribution in [1.82, 2.24) is 4.90 Å². The number of carbonyl (C=O) groups excluding carboxylic acids is 1. The van der Waals surface area contributed by atoms with E-state index in [0.717, 1.165) is 49.3 Å². The number of hydrogen-bond donors (Lipinski definition) is 2. The van der Waals surface area contributed by atoms with Gasteiger partial charge in [-0.3, -0.25) is 4.79 Å². The Kier molecular flexibility index (Phi) is 4.75. The molecule has 6 nitrogen and oxygen atoms in total. The maximum absolute atomic E-state index is 12.6. The lowest BCUT2D eigenvalue weighted by atomic mass is 9.78. The van der Waals surface area contributed by atoms with Crippen molar-refractivity contribution in [2.45, 2.75) is 17.7 Å². The van der Waals surface area contributed by atoms with Gasteiger partial charge in [-0.2, -0.15) is 0 Å². The van der Waals surface area contributed by atoms with E-state index in [1.165, 1.54) is 12.1 Å². The molecule has 1 atom stereocenters. The van der Waals surface area contributed by atoms with Gasteiger partial charge < -0.3 is 10.2 Å². The molecule has 0 unspecified atom stereocenters. The molecule has 0 aromatic heterocycles. The fourth-order valence-electron chi connectivity index (χ4n) is 4.08. The van der Waals surface area contributed by atoms with Crippen LogP contribution in [0.2, 0.25) is 0 Å². The molecule has 0 aliphatic carbocycles. The average molecular weight is 385 g/mol. The zero-order chi connectivity index (χ0) is 19.0. The third kappa shape index (κ3) is 3.90. The van der Waals surface area contributed by atoms with Crippen molar-refractivity contribution < 1.29 is 13.2 Å². The minimum absolute atomic E-state index is 0.0814. The molecular weight excluding hydrogens is 362 g/mol. The molecule has 0 spiro atoms. The van der Waals surface area contributed by atoms with Crippen molar-refractivity contribution in [2.24, 2.45) is 17.0 Å². The predicted octanol–water partition coefficient (Wildman–Crippen LogP) is 2.28. The molecule has 142 valence electrons. The van der Waals surface area contributed by atoms with Crippen LogP contribution in [-0.4, -0.2) is 38.9 Å². The highest BCUT2D eigenvalue weighted by Gasteiger charge is 2.38. The molecule has 1 amide bonds. The van der Waals surface area contributed by atoms with Gasteiger partial charge in [0.1, 0.15) is 0 Å². The van der Waals surface area contributed by atoms with Gasteiger partial charge in [0.2, 0.25) is 15.9 Å². The first-order valence-electron chi connectivity index (χ1n) is 9.17. The summed E-state index contributed by atoms with van der Waals surface area (Å²) in [7, 11) is -3.69. The van der Waals surface area contributed by atoms with Gasteiger partial charge in [-0.15, -0.1) is 0 Å². The normalized spacial score (nSPS) is 24.6. The van der Waals surface area contributed by atoms with Crippen LogP contribution in [0.25, 0.3) is 11.1 Å². The molecule has 7 heteroatoms. The number of fused-ring (bicyclic) bond motifs is 3. The van der Waals surface area contributed by atoms with E-state index in [0.29, 0.717) is 5.92 Å². The minimum atomic E-state index is -3.69. The van der Waals surface area contributed by atoms with Crippen molar-refractivity contribution in [3.05, 3.63) is 48.5 Å². The highest BCUT2D eigenvalue weighted by atomic mass is 32.2. The molecule has 0 saturated carbocycles. The number of sulfonamides is 1. The summed E-state index contributed by atoms with van der Waals surface area (Å²) in [6.07, 6.45) is 2.23. The Hall–Kier alpha value is -2.22. The van der Waals surface area contributed by atoms with Gasteiger partial charge in [-0.25, -0.2) is 13.6 Å². The number of nitrogens with two attached hydrogens (primary N) is 1. The second-order valence-corrected chi connectivity index (χ2v) is 8.94. The average Bonchev–Trinajstić information content (AvgIpc) is 2.69. The molecule has 3 N–H and O–H groups in total. The topological polar surface area (TPSA) is 92.5 Å². The van der Waals surface area contributed by atoms with Crippen molar-refractivity contribution in [1.29, 1.82) is 0 Å². The summed E-state index contributed by atoms with van der Waals surface area (Å²) in [5, 5.41) is 8.17. The van der Waals surface area contributed by atoms with E-state index in [9.17, 15) is 13.2 Å². The first kappa shape index (κ1) is 18.2. The molecule has 3 fully saturated rings. The van der Waals surface area contributed by atoms with Gasteiger partial charge in [0, 0.05) is 12.2 Å². The van der Waals surface area contributed by atoms with Gasteiger partial charge in [-0.1, -0.05) is 24.3 Å². The lowest BCUT2D eigenvalue weighted by Gasteiger charge is -2.43. The second-order valence-electron chi connectivity index (χ2n) is 7.38. The molecule has 0 radical (unpaired) electrons. The Morgan fingerprint density at radius 2 is 1.52 bits per heavy atom. The summed E-state index contributed by atoms with van der Waals surface area (Å²) in [5.74, 6) is 0.694. The predicted molar refractivity (Wildman–Crippen MR) is 105 cm³/mol. The maximum atomic E-state index is 12.6. The third-order valence-corrected chi connectivity index (χ3v) is 6.59. The standard InChI is InChI=1S/C20H23N3O3S/c21-27(25,26)18-7-3-15(4-8-18)14-1-5-17(6-2-14)22-20(24)19-13-23-11-9-16(19)10-12-23/h1-8,16,19H,9-13H2,(H,22,24)(H2,21,25,26)/t19-/m0/s1. The van der Waals surface area contributed by atoms with Gasteiger partial charge in [0.05, 0.1) is 10.8 Å². The Bertz CT molecular complexity index is 931. The van der Waals surface area contributed by atoms with E-state index in [1.807, 2.05) is 24.3 Å². The van der Waals surface area contributed by atoms with Gasteiger partial charge in [-0.05, 0) is 67.2 Å². The van der Waals surface area contributed by atoms with Crippen molar-refractivity contribution in [3.63, 3.8) is 0 Å². The van der Waals surface area contributed by atoms with Crippen LogP contribution in [0.4, 0.5) is 5.69 Å². The van der Waals surface area contributed by atoms with Crippen LogP contribution < -0.4 is 10.5 Å². The number of primary sulfonamides is 1. The van der Waals surface area contributed by atoms with E-state index >= 15 is 0 Å². The molecular formula is C20H23N3O3S. The summed E-state index contributed by atoms with van der Waals surface area (Å²) < 4.78 is 22.7. The number of carbonyl (C=O) groups is 1. The number of anilines is 1. The molecule has 3 aliphatic heterocycles. The Morgan fingerprint density at radius 3 is 2.00 bits per heavy atom.